The molecule has 2 fully saturated rings. The Kier molecular flexibility index (Phi) is 2.66. The van der Waals surface area contributed by atoms with Gasteiger partial charge in [0.25, 0.3) is 0 Å². The molecule has 6 nitrogen and oxygen atoms in total. The van der Waals surface area contributed by atoms with E-state index in [1.807, 2.05) is 13.1 Å². The smallest absolute Gasteiger partial charge is 0.247 e. The fourth-order valence-electron chi connectivity index (χ4n) is 2.33. The fraction of sp³-hybridized carbons (Fsp3) is 0.583. The normalized spacial score (nSPS) is 24.1. The van der Waals surface area contributed by atoms with Gasteiger partial charge in [0.05, 0.1) is 18.2 Å². The van der Waals surface area contributed by atoms with Crippen molar-refractivity contribution < 1.29 is 9.59 Å². The molecule has 1 saturated heterocycles. The summed E-state index contributed by atoms with van der Waals surface area (Å²) in [7, 11) is 1.86. The molecule has 1 aliphatic carbocycles. The second-order valence-electron chi connectivity index (χ2n) is 4.92. The van der Waals surface area contributed by atoms with E-state index in [1.54, 1.807) is 10.9 Å². The van der Waals surface area contributed by atoms with Crippen molar-refractivity contribution in [2.45, 2.75) is 37.9 Å². The van der Waals surface area contributed by atoms with Gasteiger partial charge in [-0.05, 0) is 18.9 Å². The number of amides is 2. The first-order chi connectivity index (χ1) is 8.66. The van der Waals surface area contributed by atoms with Gasteiger partial charge in [-0.25, -0.2) is 0 Å². The highest BCUT2D eigenvalue weighted by atomic mass is 16.2. The lowest BCUT2D eigenvalue weighted by molar-refractivity contribution is -0.139. The first kappa shape index (κ1) is 11.4. The minimum atomic E-state index is -0.368. The highest BCUT2D eigenvalue weighted by Gasteiger charge is 2.45. The molecule has 0 bridgehead atoms. The molecule has 0 spiro atoms. The van der Waals surface area contributed by atoms with Crippen LogP contribution in [0.5, 0.6) is 0 Å². The monoisotopic (exact) mass is 248 g/mol. The Morgan fingerprint density at radius 3 is 2.83 bits per heavy atom. The van der Waals surface area contributed by atoms with Gasteiger partial charge in [0.2, 0.25) is 11.8 Å². The van der Waals surface area contributed by atoms with Crippen LogP contribution in [0.15, 0.2) is 12.3 Å². The summed E-state index contributed by atoms with van der Waals surface area (Å²) >= 11 is 0. The largest absolute Gasteiger partial charge is 0.300 e. The third kappa shape index (κ3) is 1.92. The van der Waals surface area contributed by atoms with Crippen LogP contribution in [-0.2, 0) is 23.2 Å². The number of hydrogen-bond acceptors (Lipinski definition) is 4. The number of likely N-dealkylation sites (tertiary alicyclic amines) is 1. The molecular weight excluding hydrogens is 232 g/mol. The lowest BCUT2D eigenvalue weighted by atomic mass is 10.2. The third-order valence-corrected chi connectivity index (χ3v) is 3.55. The zero-order valence-corrected chi connectivity index (χ0v) is 10.3. The minimum absolute atomic E-state index is 0.0370. The Morgan fingerprint density at radius 2 is 2.22 bits per heavy atom. The Hall–Kier alpha value is -1.69. The second kappa shape index (κ2) is 4.20. The van der Waals surface area contributed by atoms with Gasteiger partial charge in [-0.3, -0.25) is 24.5 Å². The van der Waals surface area contributed by atoms with Crippen molar-refractivity contribution in [1.82, 2.24) is 20.0 Å². The van der Waals surface area contributed by atoms with Gasteiger partial charge >= 0.3 is 0 Å². The van der Waals surface area contributed by atoms with Crippen LogP contribution >= 0.6 is 0 Å². The molecule has 1 aliphatic heterocycles. The molecular formula is C12H16N4O2. The van der Waals surface area contributed by atoms with Crippen LogP contribution in [0.4, 0.5) is 0 Å². The molecule has 1 aromatic rings. The van der Waals surface area contributed by atoms with Gasteiger partial charge < -0.3 is 0 Å². The predicted molar refractivity (Wildman–Crippen MR) is 63.3 cm³/mol. The molecule has 1 saturated carbocycles. The highest BCUT2D eigenvalue weighted by Crippen LogP contribution is 2.31. The van der Waals surface area contributed by atoms with E-state index in [4.69, 9.17) is 0 Å². The molecule has 0 aromatic carbocycles. The van der Waals surface area contributed by atoms with Gasteiger partial charge in [-0.1, -0.05) is 0 Å². The predicted octanol–water partition coefficient (Wildman–Crippen LogP) is -0.200. The summed E-state index contributed by atoms with van der Waals surface area (Å²) in [4.78, 5) is 25.3. The molecule has 96 valence electrons. The average Bonchev–Trinajstić information content (AvgIpc) is 3.01. The summed E-state index contributed by atoms with van der Waals surface area (Å²) in [6.45, 7) is 0.554. The maximum absolute atomic E-state index is 12.1. The summed E-state index contributed by atoms with van der Waals surface area (Å²) in [6.07, 6.45) is 3.93. The van der Waals surface area contributed by atoms with Crippen molar-refractivity contribution in [2.24, 2.45) is 7.05 Å². The molecule has 1 atom stereocenters. The number of nitrogens with zero attached hydrogens (tertiary/aromatic N) is 3. The van der Waals surface area contributed by atoms with Crippen molar-refractivity contribution in [3.63, 3.8) is 0 Å². The second-order valence-corrected chi connectivity index (χ2v) is 4.92. The van der Waals surface area contributed by atoms with Crippen molar-refractivity contribution in [3.05, 3.63) is 18.0 Å². The Morgan fingerprint density at radius 1 is 1.44 bits per heavy atom. The molecule has 1 unspecified atom stereocenters. The van der Waals surface area contributed by atoms with Gasteiger partial charge in [0.15, 0.2) is 0 Å². The van der Waals surface area contributed by atoms with E-state index in [0.717, 1.165) is 18.5 Å². The first-order valence-corrected chi connectivity index (χ1v) is 6.23. The Labute approximate surface area is 105 Å². The quantitative estimate of drug-likeness (QED) is 0.749. The number of nitrogens with one attached hydrogen (secondary N) is 1. The summed E-state index contributed by atoms with van der Waals surface area (Å²) in [6, 6.07) is 1.70. The van der Waals surface area contributed by atoms with E-state index >= 15 is 0 Å². The van der Waals surface area contributed by atoms with Crippen LogP contribution in [0.25, 0.3) is 0 Å². The number of carbonyl (C=O) groups excluding carboxylic acids is 2. The Balaban J connectivity index is 1.62. The van der Waals surface area contributed by atoms with Crippen LogP contribution < -0.4 is 5.32 Å². The van der Waals surface area contributed by atoms with Crippen molar-refractivity contribution in [1.29, 1.82) is 0 Å². The van der Waals surface area contributed by atoms with Crippen LogP contribution in [0, 0.1) is 0 Å². The minimum Gasteiger partial charge on any atom is -0.300 e. The molecule has 0 radical (unpaired) electrons. The topological polar surface area (TPSA) is 67.2 Å². The Bertz CT molecular complexity index is 492. The number of carbonyl (C=O) groups is 2. The van der Waals surface area contributed by atoms with Crippen molar-refractivity contribution in [3.8, 4) is 0 Å². The third-order valence-electron chi connectivity index (χ3n) is 3.55. The number of hydrogen-bond donors (Lipinski definition) is 1. The van der Waals surface area contributed by atoms with Gasteiger partial charge in [-0.15, -0.1) is 0 Å². The van der Waals surface area contributed by atoms with E-state index in [0.29, 0.717) is 6.54 Å². The van der Waals surface area contributed by atoms with Crippen molar-refractivity contribution >= 4 is 11.8 Å². The maximum Gasteiger partial charge on any atom is 0.247 e. The standard InChI is InChI=1S/C12H16N4O2/c1-15-9(4-5-14-15)7-13-10-6-11(17)16(12(10)18)8-2-3-8/h4-5,8,10,13H,2-3,6-7H2,1H3. The van der Waals surface area contributed by atoms with Crippen molar-refractivity contribution in [2.75, 3.05) is 0 Å². The summed E-state index contributed by atoms with van der Waals surface area (Å²) in [5, 5.41) is 7.21. The first-order valence-electron chi connectivity index (χ1n) is 6.23. The van der Waals surface area contributed by atoms with Crippen LogP contribution in [-0.4, -0.2) is 38.6 Å². The molecule has 2 heterocycles. The lowest BCUT2D eigenvalue weighted by Gasteiger charge is -2.14. The van der Waals surface area contributed by atoms with Gasteiger partial charge in [0.1, 0.15) is 0 Å². The fourth-order valence-corrected chi connectivity index (χ4v) is 2.33. The van der Waals surface area contributed by atoms with E-state index in [-0.39, 0.29) is 30.3 Å². The molecule has 2 amide bonds. The van der Waals surface area contributed by atoms with E-state index in [9.17, 15) is 9.59 Å². The number of imide groups is 1. The van der Waals surface area contributed by atoms with Crippen LogP contribution in [0.2, 0.25) is 0 Å². The van der Waals surface area contributed by atoms with E-state index in [1.165, 1.54) is 4.90 Å². The molecule has 1 N–H and O–H groups in total. The number of rotatable bonds is 4. The zero-order valence-electron chi connectivity index (χ0n) is 10.3. The SMILES string of the molecule is Cn1nccc1CNC1CC(=O)N(C2CC2)C1=O. The van der Waals surface area contributed by atoms with Gasteiger partial charge in [0, 0.05) is 25.8 Å². The zero-order chi connectivity index (χ0) is 12.7. The number of aromatic nitrogens is 2. The average molecular weight is 248 g/mol. The molecule has 18 heavy (non-hydrogen) atoms. The van der Waals surface area contributed by atoms with E-state index < -0.39 is 0 Å². The molecule has 2 aliphatic rings. The number of aryl methyl sites for hydroxylation is 1. The molecule has 1 aromatic heterocycles. The highest BCUT2D eigenvalue weighted by molar-refractivity contribution is 6.06. The molecule has 3 rings (SSSR count). The lowest BCUT2D eigenvalue weighted by Crippen LogP contribution is -2.39. The van der Waals surface area contributed by atoms with Crippen LogP contribution in [0.1, 0.15) is 25.0 Å². The molecule has 6 heteroatoms. The summed E-state index contributed by atoms with van der Waals surface area (Å²) in [5.41, 5.74) is 1.00. The van der Waals surface area contributed by atoms with E-state index in [2.05, 4.69) is 10.4 Å². The van der Waals surface area contributed by atoms with Crippen LogP contribution in [0.3, 0.4) is 0 Å². The summed E-state index contributed by atoms with van der Waals surface area (Å²) in [5.74, 6) is -0.102. The maximum atomic E-state index is 12.1. The summed E-state index contributed by atoms with van der Waals surface area (Å²) < 4.78 is 1.76. The van der Waals surface area contributed by atoms with Gasteiger partial charge in [-0.2, -0.15) is 5.10 Å².